The number of pyridine rings is 1. The molecule has 0 spiro atoms. The molecule has 2 rings (SSSR count). The molecule has 1 aliphatic rings. The third-order valence-electron chi connectivity index (χ3n) is 2.83. The van der Waals surface area contributed by atoms with Gasteiger partial charge in [0, 0.05) is 44.1 Å². The fourth-order valence-corrected chi connectivity index (χ4v) is 2.01. The van der Waals surface area contributed by atoms with E-state index in [4.69, 9.17) is 0 Å². The summed E-state index contributed by atoms with van der Waals surface area (Å²) in [7, 11) is 0. The van der Waals surface area contributed by atoms with Gasteiger partial charge in [0.1, 0.15) is 0 Å². The van der Waals surface area contributed by atoms with E-state index in [1.807, 2.05) is 13.1 Å². The Kier molecular flexibility index (Phi) is 3.34. The molecule has 1 atom stereocenters. The van der Waals surface area contributed by atoms with E-state index in [9.17, 15) is 0 Å². The average molecular weight is 205 g/mol. The summed E-state index contributed by atoms with van der Waals surface area (Å²) in [5.74, 6) is 0. The first kappa shape index (κ1) is 10.6. The molecule has 82 valence electrons. The van der Waals surface area contributed by atoms with Crippen LogP contribution in [0.1, 0.15) is 18.2 Å². The standard InChI is InChI=1S/C12H19N3/c1-10-3-4-12(7-14-10)9-15-6-5-13-11(2)8-15/h3-4,7,11,13H,5-6,8-9H2,1-2H3/t11-/m0/s1. The van der Waals surface area contributed by atoms with Gasteiger partial charge in [0.05, 0.1) is 0 Å². The zero-order chi connectivity index (χ0) is 10.7. The highest BCUT2D eigenvalue weighted by molar-refractivity contribution is 5.13. The van der Waals surface area contributed by atoms with Crippen molar-refractivity contribution < 1.29 is 0 Å². The van der Waals surface area contributed by atoms with Gasteiger partial charge in [-0.25, -0.2) is 0 Å². The lowest BCUT2D eigenvalue weighted by Gasteiger charge is -2.31. The van der Waals surface area contributed by atoms with Gasteiger partial charge in [-0.15, -0.1) is 0 Å². The van der Waals surface area contributed by atoms with Crippen LogP contribution in [0.5, 0.6) is 0 Å². The van der Waals surface area contributed by atoms with Crippen LogP contribution in [-0.4, -0.2) is 35.6 Å². The van der Waals surface area contributed by atoms with Crippen molar-refractivity contribution in [3.8, 4) is 0 Å². The van der Waals surface area contributed by atoms with Crippen LogP contribution >= 0.6 is 0 Å². The molecule has 1 aromatic rings. The van der Waals surface area contributed by atoms with Gasteiger partial charge < -0.3 is 5.32 Å². The molecule has 0 aromatic carbocycles. The van der Waals surface area contributed by atoms with Gasteiger partial charge in [0.25, 0.3) is 0 Å². The van der Waals surface area contributed by atoms with Crippen molar-refractivity contribution in [1.29, 1.82) is 0 Å². The summed E-state index contributed by atoms with van der Waals surface area (Å²) in [6.07, 6.45) is 1.99. The Morgan fingerprint density at radius 2 is 2.40 bits per heavy atom. The second-order valence-corrected chi connectivity index (χ2v) is 4.40. The molecule has 1 aromatic heterocycles. The third-order valence-corrected chi connectivity index (χ3v) is 2.83. The SMILES string of the molecule is Cc1ccc(CN2CCN[C@@H](C)C2)cn1. The van der Waals surface area contributed by atoms with Gasteiger partial charge in [-0.05, 0) is 25.5 Å². The lowest BCUT2D eigenvalue weighted by atomic mass is 10.2. The second kappa shape index (κ2) is 4.73. The van der Waals surface area contributed by atoms with E-state index >= 15 is 0 Å². The minimum atomic E-state index is 0.608. The van der Waals surface area contributed by atoms with Crippen molar-refractivity contribution in [2.45, 2.75) is 26.4 Å². The Morgan fingerprint density at radius 1 is 1.53 bits per heavy atom. The maximum Gasteiger partial charge on any atom is 0.0372 e. The molecule has 0 amide bonds. The predicted octanol–water partition coefficient (Wildman–Crippen LogP) is 1.18. The number of nitrogens with zero attached hydrogens (tertiary/aromatic N) is 2. The van der Waals surface area contributed by atoms with Crippen LogP contribution in [0.4, 0.5) is 0 Å². The Morgan fingerprint density at radius 3 is 3.07 bits per heavy atom. The van der Waals surface area contributed by atoms with Crippen LogP contribution in [0.25, 0.3) is 0 Å². The summed E-state index contributed by atoms with van der Waals surface area (Å²) >= 11 is 0. The highest BCUT2D eigenvalue weighted by Crippen LogP contribution is 2.07. The van der Waals surface area contributed by atoms with Crippen LogP contribution in [0.15, 0.2) is 18.3 Å². The molecule has 0 aliphatic carbocycles. The Balaban J connectivity index is 1.93. The van der Waals surface area contributed by atoms with Gasteiger partial charge in [-0.3, -0.25) is 9.88 Å². The molecule has 1 saturated heterocycles. The quantitative estimate of drug-likeness (QED) is 0.786. The van der Waals surface area contributed by atoms with Crippen LogP contribution in [0.3, 0.4) is 0 Å². The van der Waals surface area contributed by atoms with Gasteiger partial charge >= 0.3 is 0 Å². The molecule has 0 saturated carbocycles. The molecule has 0 unspecified atom stereocenters. The van der Waals surface area contributed by atoms with Gasteiger partial charge in [-0.2, -0.15) is 0 Å². The van der Waals surface area contributed by atoms with E-state index in [0.29, 0.717) is 6.04 Å². The van der Waals surface area contributed by atoms with Gasteiger partial charge in [0.2, 0.25) is 0 Å². The molecule has 2 heterocycles. The number of rotatable bonds is 2. The number of aryl methyl sites for hydroxylation is 1. The number of nitrogens with one attached hydrogen (secondary N) is 1. The summed E-state index contributed by atoms with van der Waals surface area (Å²) in [4.78, 5) is 6.80. The second-order valence-electron chi connectivity index (χ2n) is 4.40. The topological polar surface area (TPSA) is 28.2 Å². The molecule has 3 nitrogen and oxygen atoms in total. The summed E-state index contributed by atoms with van der Waals surface area (Å²) in [6.45, 7) is 8.65. The first-order valence-electron chi connectivity index (χ1n) is 5.61. The lowest BCUT2D eigenvalue weighted by Crippen LogP contribution is -2.48. The molecule has 0 bridgehead atoms. The normalized spacial score (nSPS) is 22.9. The van der Waals surface area contributed by atoms with Crippen LogP contribution in [0, 0.1) is 6.92 Å². The van der Waals surface area contributed by atoms with Crippen LogP contribution < -0.4 is 5.32 Å². The maximum atomic E-state index is 4.32. The number of aromatic nitrogens is 1. The molecule has 15 heavy (non-hydrogen) atoms. The van der Waals surface area contributed by atoms with Crippen LogP contribution in [0.2, 0.25) is 0 Å². The minimum absolute atomic E-state index is 0.608. The Bertz CT molecular complexity index is 307. The Hall–Kier alpha value is -0.930. The molecular formula is C12H19N3. The zero-order valence-corrected chi connectivity index (χ0v) is 9.53. The number of piperazine rings is 1. The van der Waals surface area contributed by atoms with Crippen molar-refractivity contribution in [3.05, 3.63) is 29.6 Å². The molecule has 0 radical (unpaired) electrons. The van der Waals surface area contributed by atoms with Crippen molar-refractivity contribution in [3.63, 3.8) is 0 Å². The Labute approximate surface area is 91.5 Å². The van der Waals surface area contributed by atoms with Crippen molar-refractivity contribution in [2.24, 2.45) is 0 Å². The first-order valence-corrected chi connectivity index (χ1v) is 5.61. The molecule has 3 heteroatoms. The van der Waals surface area contributed by atoms with Gasteiger partial charge in [0.15, 0.2) is 0 Å². The van der Waals surface area contributed by atoms with E-state index in [1.54, 1.807) is 0 Å². The molecular weight excluding hydrogens is 186 g/mol. The van der Waals surface area contributed by atoms with Crippen molar-refractivity contribution in [2.75, 3.05) is 19.6 Å². The molecule has 1 fully saturated rings. The minimum Gasteiger partial charge on any atom is -0.312 e. The summed E-state index contributed by atoms with van der Waals surface area (Å²) < 4.78 is 0. The smallest absolute Gasteiger partial charge is 0.0372 e. The van der Waals surface area contributed by atoms with Crippen LogP contribution in [-0.2, 0) is 6.54 Å². The fraction of sp³-hybridized carbons (Fsp3) is 0.583. The number of hydrogen-bond donors (Lipinski definition) is 1. The summed E-state index contributed by atoms with van der Waals surface area (Å²) in [5.41, 5.74) is 2.40. The number of hydrogen-bond acceptors (Lipinski definition) is 3. The third kappa shape index (κ3) is 3.01. The van der Waals surface area contributed by atoms with E-state index in [-0.39, 0.29) is 0 Å². The predicted molar refractivity (Wildman–Crippen MR) is 61.7 cm³/mol. The van der Waals surface area contributed by atoms with E-state index in [1.165, 1.54) is 5.56 Å². The largest absolute Gasteiger partial charge is 0.312 e. The first-order chi connectivity index (χ1) is 7.24. The highest BCUT2D eigenvalue weighted by Gasteiger charge is 2.15. The fourth-order valence-electron chi connectivity index (χ4n) is 2.01. The molecule has 1 aliphatic heterocycles. The van der Waals surface area contributed by atoms with Gasteiger partial charge in [-0.1, -0.05) is 6.07 Å². The highest BCUT2D eigenvalue weighted by atomic mass is 15.2. The van der Waals surface area contributed by atoms with Crippen molar-refractivity contribution >= 4 is 0 Å². The van der Waals surface area contributed by atoms with E-state index < -0.39 is 0 Å². The average Bonchev–Trinajstić information content (AvgIpc) is 2.22. The lowest BCUT2D eigenvalue weighted by molar-refractivity contribution is 0.199. The zero-order valence-electron chi connectivity index (χ0n) is 9.53. The summed E-state index contributed by atoms with van der Waals surface area (Å²) in [6, 6.07) is 4.87. The monoisotopic (exact) mass is 205 g/mol. The van der Waals surface area contributed by atoms with E-state index in [2.05, 4.69) is 34.3 Å². The van der Waals surface area contributed by atoms with Crippen molar-refractivity contribution in [1.82, 2.24) is 15.2 Å². The summed E-state index contributed by atoms with van der Waals surface area (Å²) in [5, 5.41) is 3.45. The maximum absolute atomic E-state index is 4.32. The molecule has 1 N–H and O–H groups in total. The van der Waals surface area contributed by atoms with E-state index in [0.717, 1.165) is 31.9 Å².